The van der Waals surface area contributed by atoms with Gasteiger partial charge in [-0.1, -0.05) is 12.1 Å². The summed E-state index contributed by atoms with van der Waals surface area (Å²) in [6, 6.07) is 9.15. The second kappa shape index (κ2) is 8.23. The zero-order chi connectivity index (χ0) is 18.4. The van der Waals surface area contributed by atoms with Crippen LogP contribution in [0.2, 0.25) is 0 Å². The number of nitrogens with one attached hydrogen (secondary N) is 1. The number of amides is 2. The van der Waals surface area contributed by atoms with E-state index in [-0.39, 0.29) is 24.1 Å². The monoisotopic (exact) mass is 348 g/mol. The minimum absolute atomic E-state index is 0.0162. The van der Waals surface area contributed by atoms with E-state index in [0.717, 1.165) is 5.56 Å². The lowest BCUT2D eigenvalue weighted by Gasteiger charge is -2.18. The van der Waals surface area contributed by atoms with Gasteiger partial charge >= 0.3 is 6.03 Å². The van der Waals surface area contributed by atoms with Crippen LogP contribution in [-0.2, 0) is 13.1 Å². The summed E-state index contributed by atoms with van der Waals surface area (Å²) in [5, 5.41) is 12.5. The minimum atomic E-state index is -0.476. The third-order valence-electron chi connectivity index (χ3n) is 3.67. The number of carbonyl (C=O) groups excluding carboxylic acids is 1. The molecule has 0 fully saturated rings. The molecule has 2 amide bonds. The van der Waals surface area contributed by atoms with Crippen molar-refractivity contribution in [3.63, 3.8) is 0 Å². The number of aromatic hydroxyl groups is 1. The molecule has 2 N–H and O–H groups in total. The average Bonchev–Trinajstić information content (AvgIpc) is 2.60. The molecule has 0 spiro atoms. The number of hydrogen-bond donors (Lipinski definition) is 2. The van der Waals surface area contributed by atoms with Crippen LogP contribution in [0, 0.1) is 5.82 Å². The van der Waals surface area contributed by atoms with Crippen molar-refractivity contribution in [2.24, 2.45) is 0 Å². The number of methoxy groups -OCH3 is 2. The summed E-state index contributed by atoms with van der Waals surface area (Å²) < 4.78 is 23.5. The van der Waals surface area contributed by atoms with Gasteiger partial charge in [-0.3, -0.25) is 0 Å². The molecule has 7 heteroatoms. The summed E-state index contributed by atoms with van der Waals surface area (Å²) in [6.45, 7) is 0.498. The number of urea groups is 1. The van der Waals surface area contributed by atoms with Crippen LogP contribution >= 0.6 is 0 Å². The van der Waals surface area contributed by atoms with Crippen LogP contribution in [0.3, 0.4) is 0 Å². The number of carbonyl (C=O) groups is 1. The second-order valence-corrected chi connectivity index (χ2v) is 5.49. The van der Waals surface area contributed by atoms with Crippen LogP contribution in [0.5, 0.6) is 17.2 Å². The zero-order valence-electron chi connectivity index (χ0n) is 14.4. The first-order valence-corrected chi connectivity index (χ1v) is 7.62. The molecule has 0 saturated heterocycles. The fourth-order valence-corrected chi connectivity index (χ4v) is 2.31. The topological polar surface area (TPSA) is 71.0 Å². The fourth-order valence-electron chi connectivity index (χ4n) is 2.31. The van der Waals surface area contributed by atoms with Gasteiger partial charge in [-0.05, 0) is 35.4 Å². The van der Waals surface area contributed by atoms with Crippen LogP contribution in [0.1, 0.15) is 11.1 Å². The Morgan fingerprint density at radius 1 is 1.12 bits per heavy atom. The number of hydrogen-bond acceptors (Lipinski definition) is 4. The van der Waals surface area contributed by atoms with E-state index in [1.165, 1.54) is 31.3 Å². The first-order chi connectivity index (χ1) is 11.9. The highest BCUT2D eigenvalue weighted by Crippen LogP contribution is 2.26. The van der Waals surface area contributed by atoms with Crippen molar-refractivity contribution >= 4 is 6.03 Å². The smallest absolute Gasteiger partial charge is 0.317 e. The molecule has 0 aliphatic heterocycles. The third kappa shape index (κ3) is 4.76. The van der Waals surface area contributed by atoms with Gasteiger partial charge in [-0.2, -0.15) is 0 Å². The average molecular weight is 348 g/mol. The first kappa shape index (κ1) is 18.4. The highest BCUT2D eigenvalue weighted by atomic mass is 19.1. The highest BCUT2D eigenvalue weighted by molar-refractivity contribution is 5.73. The summed E-state index contributed by atoms with van der Waals surface area (Å²) in [7, 11) is 4.49. The predicted molar refractivity (Wildman–Crippen MR) is 91.3 cm³/mol. The van der Waals surface area contributed by atoms with E-state index in [4.69, 9.17) is 9.47 Å². The molecule has 0 aromatic heterocycles. The van der Waals surface area contributed by atoms with Crippen molar-refractivity contribution in [3.8, 4) is 17.2 Å². The van der Waals surface area contributed by atoms with Gasteiger partial charge in [0.15, 0.2) is 23.1 Å². The summed E-state index contributed by atoms with van der Waals surface area (Å²) in [5.74, 6) is 0.0720. The van der Waals surface area contributed by atoms with Gasteiger partial charge in [0.25, 0.3) is 0 Å². The molecule has 2 rings (SSSR count). The van der Waals surface area contributed by atoms with E-state index in [2.05, 4.69) is 5.32 Å². The maximum atomic E-state index is 13.6. The standard InChI is InChI=1S/C18H21FN2O4/c1-21(11-13-5-7-17(25-3)15(22)9-13)18(23)20-10-12-4-6-16(24-2)14(19)8-12/h4-9,22H,10-11H2,1-3H3,(H,20,23). The highest BCUT2D eigenvalue weighted by Gasteiger charge is 2.11. The van der Waals surface area contributed by atoms with E-state index in [9.17, 15) is 14.3 Å². The van der Waals surface area contributed by atoms with Crippen LogP contribution < -0.4 is 14.8 Å². The van der Waals surface area contributed by atoms with Crippen LogP contribution in [0.15, 0.2) is 36.4 Å². The Morgan fingerprint density at radius 3 is 2.36 bits per heavy atom. The molecule has 0 heterocycles. The molecule has 0 unspecified atom stereocenters. The second-order valence-electron chi connectivity index (χ2n) is 5.49. The van der Waals surface area contributed by atoms with Crippen molar-refractivity contribution < 1.29 is 23.8 Å². The normalized spacial score (nSPS) is 10.2. The Bertz CT molecular complexity index is 752. The fraction of sp³-hybridized carbons (Fsp3) is 0.278. The first-order valence-electron chi connectivity index (χ1n) is 7.62. The van der Waals surface area contributed by atoms with Crippen molar-refractivity contribution in [1.82, 2.24) is 10.2 Å². The number of halogens is 1. The van der Waals surface area contributed by atoms with Crippen LogP contribution in [0.25, 0.3) is 0 Å². The summed E-state index contributed by atoms with van der Waals surface area (Å²) in [6.07, 6.45) is 0. The van der Waals surface area contributed by atoms with Gasteiger partial charge in [0, 0.05) is 20.1 Å². The molecule has 25 heavy (non-hydrogen) atoms. The number of nitrogens with zero attached hydrogens (tertiary/aromatic N) is 1. The summed E-state index contributed by atoms with van der Waals surface area (Å²) in [5.41, 5.74) is 1.38. The quantitative estimate of drug-likeness (QED) is 0.842. The van der Waals surface area contributed by atoms with E-state index in [0.29, 0.717) is 17.9 Å². The van der Waals surface area contributed by atoms with Gasteiger partial charge in [0.05, 0.1) is 14.2 Å². The number of rotatable bonds is 6. The number of phenols is 1. The molecule has 0 radical (unpaired) electrons. The molecule has 6 nitrogen and oxygen atoms in total. The number of phenolic OH excluding ortho intramolecular Hbond substituents is 1. The van der Waals surface area contributed by atoms with Gasteiger partial charge in [-0.25, -0.2) is 9.18 Å². The van der Waals surface area contributed by atoms with Gasteiger partial charge in [0.1, 0.15) is 0 Å². The molecule has 0 aliphatic rings. The van der Waals surface area contributed by atoms with E-state index >= 15 is 0 Å². The molecule has 2 aromatic rings. The molecule has 0 saturated carbocycles. The van der Waals surface area contributed by atoms with Crippen LogP contribution in [-0.4, -0.2) is 37.3 Å². The lowest BCUT2D eigenvalue weighted by molar-refractivity contribution is 0.206. The maximum absolute atomic E-state index is 13.6. The molecular formula is C18H21FN2O4. The predicted octanol–water partition coefficient (Wildman–Crippen LogP) is 2.89. The lowest BCUT2D eigenvalue weighted by atomic mass is 10.2. The van der Waals surface area contributed by atoms with Crippen molar-refractivity contribution in [2.75, 3.05) is 21.3 Å². The van der Waals surface area contributed by atoms with E-state index in [1.807, 2.05) is 0 Å². The van der Waals surface area contributed by atoms with Gasteiger partial charge in [0.2, 0.25) is 0 Å². The number of benzene rings is 2. The van der Waals surface area contributed by atoms with Crippen molar-refractivity contribution in [3.05, 3.63) is 53.3 Å². The Balaban J connectivity index is 1.92. The van der Waals surface area contributed by atoms with Gasteiger partial charge < -0.3 is 24.8 Å². The Labute approximate surface area is 145 Å². The Hall–Kier alpha value is -2.96. The Kier molecular flexibility index (Phi) is 6.05. The summed E-state index contributed by atoms with van der Waals surface area (Å²) in [4.78, 5) is 13.6. The van der Waals surface area contributed by atoms with Crippen molar-refractivity contribution in [1.29, 1.82) is 0 Å². The van der Waals surface area contributed by atoms with Gasteiger partial charge in [-0.15, -0.1) is 0 Å². The SMILES string of the molecule is COc1ccc(CN(C)C(=O)NCc2ccc(OC)c(F)c2)cc1O. The summed E-state index contributed by atoms with van der Waals surface area (Å²) >= 11 is 0. The molecule has 134 valence electrons. The molecule has 2 aromatic carbocycles. The largest absolute Gasteiger partial charge is 0.504 e. The third-order valence-corrected chi connectivity index (χ3v) is 3.67. The van der Waals surface area contributed by atoms with Crippen molar-refractivity contribution in [2.45, 2.75) is 13.1 Å². The lowest BCUT2D eigenvalue weighted by Crippen LogP contribution is -2.36. The molecule has 0 bridgehead atoms. The number of ether oxygens (including phenoxy) is 2. The molecule has 0 aliphatic carbocycles. The Morgan fingerprint density at radius 2 is 1.76 bits per heavy atom. The minimum Gasteiger partial charge on any atom is -0.504 e. The van der Waals surface area contributed by atoms with E-state index < -0.39 is 5.82 Å². The van der Waals surface area contributed by atoms with E-state index in [1.54, 1.807) is 31.3 Å². The maximum Gasteiger partial charge on any atom is 0.317 e. The molecular weight excluding hydrogens is 327 g/mol. The van der Waals surface area contributed by atoms with Crippen LogP contribution in [0.4, 0.5) is 9.18 Å². The molecule has 0 atom stereocenters. The zero-order valence-corrected chi connectivity index (χ0v) is 14.4.